The standard InChI is InChI=1S/C56H37N5S/c57-54(39-21-9-3-10-22-39)60-55(40-23-11-4-12-24-40)58-36-45-32-44(43-30-41(37-17-5-1-6-18-37)29-42(31-43)38-19-7-2-8-20-38)35-59-56(45)61-50-27-15-13-25-46(50)48-33-49-47-26-14-16-28-52(47)62-53(49)34-51(48)61/h1-36,57H/b57-54?,58-36+,60-55-. The summed E-state index contributed by atoms with van der Waals surface area (Å²) in [6.45, 7) is 0. The number of thiophene rings is 1. The summed E-state index contributed by atoms with van der Waals surface area (Å²) in [7, 11) is 0. The van der Waals surface area contributed by atoms with Crippen molar-refractivity contribution in [1.29, 1.82) is 5.41 Å². The molecule has 0 saturated carbocycles. The molecule has 0 bridgehead atoms. The quantitative estimate of drug-likeness (QED) is 0.126. The third-order valence-corrected chi connectivity index (χ3v) is 12.5. The number of benzene rings is 8. The van der Waals surface area contributed by atoms with Gasteiger partial charge in [-0.05, 0) is 76.3 Å². The molecule has 0 unspecified atom stereocenters. The number of hydrogen-bond acceptors (Lipinski definition) is 3. The number of aliphatic imine (C=N–C) groups is 2. The molecule has 0 aliphatic rings. The number of aromatic nitrogens is 2. The minimum absolute atomic E-state index is 0.134. The highest BCUT2D eigenvalue weighted by atomic mass is 32.1. The molecule has 1 N–H and O–H groups in total. The maximum absolute atomic E-state index is 8.99. The summed E-state index contributed by atoms with van der Waals surface area (Å²) in [6.07, 6.45) is 3.86. The van der Waals surface area contributed by atoms with Crippen LogP contribution in [0.3, 0.4) is 0 Å². The van der Waals surface area contributed by atoms with Crippen LogP contribution in [0.15, 0.2) is 222 Å². The molecule has 11 rings (SSSR count). The van der Waals surface area contributed by atoms with Crippen molar-refractivity contribution in [3.8, 4) is 39.2 Å². The average Bonchev–Trinajstić information content (AvgIpc) is 3.87. The van der Waals surface area contributed by atoms with Gasteiger partial charge >= 0.3 is 0 Å². The van der Waals surface area contributed by atoms with Crippen molar-refractivity contribution in [3.63, 3.8) is 0 Å². The molecule has 0 atom stereocenters. The van der Waals surface area contributed by atoms with Gasteiger partial charge in [0.2, 0.25) is 0 Å². The van der Waals surface area contributed by atoms with Crippen LogP contribution in [0.5, 0.6) is 0 Å². The number of para-hydroxylation sites is 1. The Bertz CT molecular complexity index is 3460. The monoisotopic (exact) mass is 811 g/mol. The normalized spacial score (nSPS) is 12.0. The van der Waals surface area contributed by atoms with E-state index in [1.807, 2.05) is 84.4 Å². The van der Waals surface area contributed by atoms with E-state index in [1.54, 1.807) is 0 Å². The predicted octanol–water partition coefficient (Wildman–Crippen LogP) is 14.4. The van der Waals surface area contributed by atoms with Crippen LogP contribution in [-0.4, -0.2) is 27.4 Å². The summed E-state index contributed by atoms with van der Waals surface area (Å²) in [5, 5.41) is 13.8. The summed E-state index contributed by atoms with van der Waals surface area (Å²) in [4.78, 5) is 15.3. The van der Waals surface area contributed by atoms with Gasteiger partial charge in [0.15, 0.2) is 11.7 Å². The van der Waals surface area contributed by atoms with Crippen molar-refractivity contribution in [2.75, 3.05) is 0 Å². The molecule has 5 nitrogen and oxygen atoms in total. The third-order valence-electron chi connectivity index (χ3n) is 11.4. The van der Waals surface area contributed by atoms with Crippen LogP contribution in [0, 0.1) is 5.41 Å². The van der Waals surface area contributed by atoms with E-state index in [0.29, 0.717) is 11.4 Å². The van der Waals surface area contributed by atoms with Gasteiger partial charge in [-0.25, -0.2) is 15.0 Å². The van der Waals surface area contributed by atoms with Crippen LogP contribution in [0.1, 0.15) is 16.7 Å². The van der Waals surface area contributed by atoms with E-state index in [4.69, 9.17) is 20.4 Å². The maximum atomic E-state index is 8.99. The number of rotatable bonds is 7. The van der Waals surface area contributed by atoms with E-state index < -0.39 is 0 Å². The Balaban J connectivity index is 1.15. The first-order chi connectivity index (χ1) is 30.6. The fourth-order valence-electron chi connectivity index (χ4n) is 8.37. The van der Waals surface area contributed by atoms with Gasteiger partial charge in [-0.2, -0.15) is 0 Å². The fraction of sp³-hybridized carbons (Fsp3) is 0. The predicted molar refractivity (Wildman–Crippen MR) is 262 cm³/mol. The molecule has 0 aliphatic heterocycles. The van der Waals surface area contributed by atoms with Gasteiger partial charge in [0, 0.05) is 65.6 Å². The van der Waals surface area contributed by atoms with Crippen molar-refractivity contribution in [3.05, 3.63) is 229 Å². The lowest BCUT2D eigenvalue weighted by Gasteiger charge is -2.14. The topological polar surface area (TPSA) is 66.4 Å². The van der Waals surface area contributed by atoms with Crippen molar-refractivity contribution in [1.82, 2.24) is 9.55 Å². The van der Waals surface area contributed by atoms with Crippen LogP contribution < -0.4 is 0 Å². The van der Waals surface area contributed by atoms with Crippen LogP contribution in [0.4, 0.5) is 0 Å². The summed E-state index contributed by atoms with van der Waals surface area (Å²) < 4.78 is 4.77. The minimum Gasteiger partial charge on any atom is -0.293 e. The van der Waals surface area contributed by atoms with E-state index in [-0.39, 0.29) is 5.84 Å². The lowest BCUT2D eigenvalue weighted by atomic mass is 9.93. The SMILES string of the molecule is N=C(/N=C(\N=C\c1cc(-c2cc(-c3ccccc3)cc(-c3ccccc3)c2)cnc1-n1c2ccccc2c2cc3c(cc21)sc1ccccc13)c1ccccc1)c1ccccc1. The molecule has 0 spiro atoms. The van der Waals surface area contributed by atoms with Gasteiger partial charge in [-0.1, -0.05) is 158 Å². The molecule has 3 heterocycles. The zero-order valence-corrected chi connectivity index (χ0v) is 34.3. The second kappa shape index (κ2) is 15.8. The van der Waals surface area contributed by atoms with Gasteiger partial charge in [0.05, 0.1) is 11.0 Å². The fourth-order valence-corrected chi connectivity index (χ4v) is 9.49. The van der Waals surface area contributed by atoms with Gasteiger partial charge in [-0.3, -0.25) is 9.98 Å². The summed E-state index contributed by atoms with van der Waals surface area (Å²) in [6, 6.07) is 71.3. The van der Waals surface area contributed by atoms with Gasteiger partial charge in [-0.15, -0.1) is 11.3 Å². The Morgan fingerprint density at radius 1 is 0.468 bits per heavy atom. The molecule has 0 aliphatic carbocycles. The van der Waals surface area contributed by atoms with E-state index >= 15 is 0 Å². The molecule has 0 amide bonds. The first-order valence-electron chi connectivity index (χ1n) is 20.6. The number of fused-ring (bicyclic) bond motifs is 6. The van der Waals surface area contributed by atoms with Crippen LogP contribution >= 0.6 is 11.3 Å². The largest absolute Gasteiger partial charge is 0.293 e. The molecule has 0 saturated heterocycles. The third kappa shape index (κ3) is 6.88. The first-order valence-corrected chi connectivity index (χ1v) is 21.4. The van der Waals surface area contributed by atoms with Crippen molar-refractivity contribution in [2.24, 2.45) is 9.98 Å². The van der Waals surface area contributed by atoms with Crippen molar-refractivity contribution in [2.45, 2.75) is 0 Å². The second-order valence-corrected chi connectivity index (χ2v) is 16.3. The Morgan fingerprint density at radius 2 is 1.03 bits per heavy atom. The van der Waals surface area contributed by atoms with E-state index in [2.05, 4.69) is 150 Å². The molecule has 0 fully saturated rings. The zero-order chi connectivity index (χ0) is 41.4. The molecular weight excluding hydrogens is 775 g/mol. The van der Waals surface area contributed by atoms with Gasteiger partial charge < -0.3 is 0 Å². The van der Waals surface area contributed by atoms with Crippen molar-refractivity contribution >= 4 is 71.2 Å². The summed E-state index contributed by atoms with van der Waals surface area (Å²) in [5.74, 6) is 1.31. The average molecular weight is 812 g/mol. The highest BCUT2D eigenvalue weighted by molar-refractivity contribution is 7.25. The minimum atomic E-state index is 0.134. The smallest absolute Gasteiger partial charge is 0.161 e. The number of nitrogens with zero attached hydrogens (tertiary/aromatic N) is 4. The molecule has 292 valence electrons. The molecule has 11 aromatic rings. The number of amidine groups is 2. The molecule has 3 aromatic heterocycles. The van der Waals surface area contributed by atoms with E-state index in [0.717, 1.165) is 72.1 Å². The highest BCUT2D eigenvalue weighted by Crippen LogP contribution is 2.41. The molecule has 62 heavy (non-hydrogen) atoms. The Morgan fingerprint density at radius 3 is 1.71 bits per heavy atom. The summed E-state index contributed by atoms with van der Waals surface area (Å²) >= 11 is 1.81. The molecule has 6 heteroatoms. The van der Waals surface area contributed by atoms with Gasteiger partial charge in [0.1, 0.15) is 5.82 Å². The number of nitrogens with one attached hydrogen (secondary N) is 1. The lowest BCUT2D eigenvalue weighted by molar-refractivity contribution is 1.08. The van der Waals surface area contributed by atoms with Crippen molar-refractivity contribution < 1.29 is 0 Å². The Labute approximate surface area is 362 Å². The zero-order valence-electron chi connectivity index (χ0n) is 33.5. The Hall–Kier alpha value is -8.06. The van der Waals surface area contributed by atoms with Crippen LogP contribution in [0.2, 0.25) is 0 Å². The molecule has 0 radical (unpaired) electrons. The van der Waals surface area contributed by atoms with Crippen LogP contribution in [0.25, 0.3) is 81.2 Å². The van der Waals surface area contributed by atoms with Gasteiger partial charge in [0.25, 0.3) is 0 Å². The lowest BCUT2D eigenvalue weighted by Crippen LogP contribution is -2.07. The Kier molecular flexibility index (Phi) is 9.45. The van der Waals surface area contributed by atoms with E-state index in [9.17, 15) is 0 Å². The first kappa shape index (κ1) is 37.0. The molecular formula is C56H37N5S. The summed E-state index contributed by atoms with van der Waals surface area (Å²) in [5.41, 5.74) is 11.0. The number of hydrogen-bond donors (Lipinski definition) is 1. The number of pyridine rings is 1. The maximum Gasteiger partial charge on any atom is 0.161 e. The molecule has 8 aromatic carbocycles. The van der Waals surface area contributed by atoms with E-state index in [1.165, 1.54) is 20.2 Å². The van der Waals surface area contributed by atoms with Crippen LogP contribution in [-0.2, 0) is 0 Å². The second-order valence-electron chi connectivity index (χ2n) is 15.3. The highest BCUT2D eigenvalue weighted by Gasteiger charge is 2.19.